The zero-order valence-electron chi connectivity index (χ0n) is 9.21. The molecule has 5 heteroatoms. The Morgan fingerprint density at radius 2 is 2.24 bits per heavy atom. The topological polar surface area (TPSA) is 71.7 Å². The minimum absolute atomic E-state index is 0.379. The van der Waals surface area contributed by atoms with Gasteiger partial charge in [0.05, 0.1) is 18.4 Å². The fraction of sp³-hybridized carbons (Fsp3) is 0.250. The van der Waals surface area contributed by atoms with Crippen molar-refractivity contribution in [2.75, 3.05) is 7.11 Å². The van der Waals surface area contributed by atoms with E-state index < -0.39 is 6.10 Å². The number of carbonyl (C=O) groups is 1. The van der Waals surface area contributed by atoms with Crippen molar-refractivity contribution in [2.45, 2.75) is 12.5 Å². The number of methoxy groups -OCH3 is 1. The Balaban J connectivity index is 2.15. The first-order valence-corrected chi connectivity index (χ1v) is 5.05. The van der Waals surface area contributed by atoms with Crippen LogP contribution in [0.2, 0.25) is 0 Å². The van der Waals surface area contributed by atoms with Crippen LogP contribution in [-0.4, -0.2) is 24.9 Å². The van der Waals surface area contributed by atoms with Crippen LogP contribution in [0.5, 0.6) is 0 Å². The first kappa shape index (κ1) is 11.1. The predicted octanol–water partition coefficient (Wildman–Crippen LogP) is 1.49. The van der Waals surface area contributed by atoms with Crippen LogP contribution in [0.15, 0.2) is 29.4 Å². The van der Waals surface area contributed by atoms with E-state index in [1.54, 1.807) is 24.3 Å². The third-order valence-corrected chi connectivity index (χ3v) is 2.45. The number of oxime groups is 1. The summed E-state index contributed by atoms with van der Waals surface area (Å²) in [5.41, 5.74) is 2.04. The van der Waals surface area contributed by atoms with Gasteiger partial charge in [-0.2, -0.15) is 5.26 Å². The Labute approximate surface area is 98.2 Å². The highest BCUT2D eigenvalue weighted by Gasteiger charge is 2.21. The lowest BCUT2D eigenvalue weighted by atomic mass is 10.0. The molecule has 86 valence electrons. The molecule has 17 heavy (non-hydrogen) atoms. The van der Waals surface area contributed by atoms with Crippen LogP contribution in [0.3, 0.4) is 0 Å². The summed E-state index contributed by atoms with van der Waals surface area (Å²) in [6, 6.07) is 8.82. The summed E-state index contributed by atoms with van der Waals surface area (Å²) in [7, 11) is 1.34. The Morgan fingerprint density at radius 1 is 1.53 bits per heavy atom. The van der Waals surface area contributed by atoms with Gasteiger partial charge in [0.15, 0.2) is 0 Å². The molecule has 0 amide bonds. The molecule has 1 aliphatic heterocycles. The highest BCUT2D eigenvalue weighted by Crippen LogP contribution is 2.16. The second-order valence-electron chi connectivity index (χ2n) is 3.53. The Bertz CT molecular complexity index is 499. The monoisotopic (exact) mass is 230 g/mol. The van der Waals surface area contributed by atoms with Crippen LogP contribution >= 0.6 is 0 Å². The summed E-state index contributed by atoms with van der Waals surface area (Å²) >= 11 is 0. The van der Waals surface area contributed by atoms with E-state index in [1.165, 1.54) is 7.11 Å². The van der Waals surface area contributed by atoms with E-state index in [-0.39, 0.29) is 5.97 Å². The molecule has 0 aromatic heterocycles. The normalized spacial score (nSPS) is 17.9. The zero-order valence-corrected chi connectivity index (χ0v) is 9.21. The van der Waals surface area contributed by atoms with Crippen LogP contribution in [0.1, 0.15) is 22.3 Å². The number of hydrogen-bond donors (Lipinski definition) is 0. The van der Waals surface area contributed by atoms with E-state index in [4.69, 9.17) is 10.1 Å². The Morgan fingerprint density at radius 3 is 2.76 bits per heavy atom. The molecule has 1 aromatic rings. The van der Waals surface area contributed by atoms with Crippen molar-refractivity contribution in [2.24, 2.45) is 5.16 Å². The van der Waals surface area contributed by atoms with Crippen LogP contribution in [0, 0.1) is 11.3 Å². The maximum Gasteiger partial charge on any atom is 0.337 e. The first-order chi connectivity index (χ1) is 8.24. The SMILES string of the molecule is COC(=O)c1ccc(C2=NO[C@@H](C#N)C2)cc1. The van der Waals surface area contributed by atoms with Gasteiger partial charge in [0, 0.05) is 6.42 Å². The Kier molecular flexibility index (Phi) is 3.06. The smallest absolute Gasteiger partial charge is 0.337 e. The van der Waals surface area contributed by atoms with Crippen molar-refractivity contribution < 1.29 is 14.4 Å². The number of nitrogens with zero attached hydrogens (tertiary/aromatic N) is 2. The van der Waals surface area contributed by atoms with Crippen molar-refractivity contribution in [3.63, 3.8) is 0 Å². The molecule has 1 aromatic carbocycles. The fourth-order valence-corrected chi connectivity index (χ4v) is 1.53. The average molecular weight is 230 g/mol. The lowest BCUT2D eigenvalue weighted by molar-refractivity contribution is 0.0600. The number of hydrogen-bond acceptors (Lipinski definition) is 5. The minimum atomic E-state index is -0.509. The molecule has 5 nitrogen and oxygen atoms in total. The molecular formula is C12H10N2O3. The highest BCUT2D eigenvalue weighted by molar-refractivity contribution is 6.02. The molecule has 1 heterocycles. The van der Waals surface area contributed by atoms with E-state index in [1.807, 2.05) is 6.07 Å². The molecule has 0 spiro atoms. The highest BCUT2D eigenvalue weighted by atomic mass is 16.6. The van der Waals surface area contributed by atoms with E-state index in [0.29, 0.717) is 17.7 Å². The van der Waals surface area contributed by atoms with Crippen molar-refractivity contribution in [3.05, 3.63) is 35.4 Å². The second-order valence-corrected chi connectivity index (χ2v) is 3.53. The number of nitriles is 1. The number of esters is 1. The van der Waals surface area contributed by atoms with E-state index in [0.717, 1.165) is 5.56 Å². The van der Waals surface area contributed by atoms with Gasteiger partial charge in [-0.15, -0.1) is 0 Å². The molecule has 0 aliphatic carbocycles. The van der Waals surface area contributed by atoms with Gasteiger partial charge in [0.2, 0.25) is 6.10 Å². The lowest BCUT2D eigenvalue weighted by Crippen LogP contribution is -2.06. The average Bonchev–Trinajstić information content (AvgIpc) is 2.87. The van der Waals surface area contributed by atoms with Crippen LogP contribution < -0.4 is 0 Å². The molecule has 2 rings (SSSR count). The number of carbonyl (C=O) groups excluding carboxylic acids is 1. The standard InChI is InChI=1S/C12H10N2O3/c1-16-12(15)9-4-2-8(3-5-9)11-6-10(7-13)17-14-11/h2-5,10H,6H2,1H3/t10-/m1/s1. The summed E-state index contributed by atoms with van der Waals surface area (Å²) in [5.74, 6) is -0.379. The van der Waals surface area contributed by atoms with Gasteiger partial charge in [0.25, 0.3) is 0 Å². The van der Waals surface area contributed by atoms with Gasteiger partial charge in [0.1, 0.15) is 6.07 Å². The van der Waals surface area contributed by atoms with Crippen molar-refractivity contribution in [3.8, 4) is 6.07 Å². The summed E-state index contributed by atoms with van der Waals surface area (Å²) < 4.78 is 4.60. The van der Waals surface area contributed by atoms with Crippen LogP contribution in [-0.2, 0) is 9.57 Å². The molecule has 0 radical (unpaired) electrons. The molecule has 0 N–H and O–H groups in total. The Hall–Kier alpha value is -2.35. The maximum atomic E-state index is 11.2. The predicted molar refractivity (Wildman–Crippen MR) is 59.4 cm³/mol. The van der Waals surface area contributed by atoms with Crippen LogP contribution in [0.4, 0.5) is 0 Å². The number of benzene rings is 1. The summed E-state index contributed by atoms with van der Waals surface area (Å²) in [6.45, 7) is 0. The van der Waals surface area contributed by atoms with Crippen molar-refractivity contribution in [1.29, 1.82) is 5.26 Å². The van der Waals surface area contributed by atoms with Gasteiger partial charge >= 0.3 is 5.97 Å². The van der Waals surface area contributed by atoms with Gasteiger partial charge in [-0.3, -0.25) is 0 Å². The zero-order chi connectivity index (χ0) is 12.3. The molecule has 0 fully saturated rings. The largest absolute Gasteiger partial charge is 0.465 e. The molecular weight excluding hydrogens is 220 g/mol. The first-order valence-electron chi connectivity index (χ1n) is 5.05. The molecule has 0 unspecified atom stereocenters. The number of ether oxygens (including phenoxy) is 1. The molecule has 0 saturated heterocycles. The van der Waals surface area contributed by atoms with Crippen molar-refractivity contribution in [1.82, 2.24) is 0 Å². The third kappa shape index (κ3) is 2.26. The maximum absolute atomic E-state index is 11.2. The van der Waals surface area contributed by atoms with Gasteiger partial charge in [-0.25, -0.2) is 4.79 Å². The lowest BCUT2D eigenvalue weighted by Gasteiger charge is -2.01. The second kappa shape index (κ2) is 4.66. The van der Waals surface area contributed by atoms with E-state index >= 15 is 0 Å². The van der Waals surface area contributed by atoms with Crippen molar-refractivity contribution >= 4 is 11.7 Å². The van der Waals surface area contributed by atoms with E-state index in [9.17, 15) is 4.79 Å². The summed E-state index contributed by atoms with van der Waals surface area (Å²) in [6.07, 6.45) is -0.0427. The van der Waals surface area contributed by atoms with Gasteiger partial charge in [-0.05, 0) is 17.7 Å². The minimum Gasteiger partial charge on any atom is -0.465 e. The van der Waals surface area contributed by atoms with Crippen LogP contribution in [0.25, 0.3) is 0 Å². The molecule has 0 bridgehead atoms. The summed E-state index contributed by atoms with van der Waals surface area (Å²) in [4.78, 5) is 16.1. The summed E-state index contributed by atoms with van der Waals surface area (Å²) in [5, 5.41) is 12.5. The van der Waals surface area contributed by atoms with E-state index in [2.05, 4.69) is 9.89 Å². The molecule has 0 saturated carbocycles. The van der Waals surface area contributed by atoms with Gasteiger partial charge < -0.3 is 9.57 Å². The molecule has 1 aliphatic rings. The third-order valence-electron chi connectivity index (χ3n) is 2.45. The van der Waals surface area contributed by atoms with Gasteiger partial charge in [-0.1, -0.05) is 17.3 Å². The number of rotatable bonds is 2. The quantitative estimate of drug-likeness (QED) is 0.721. The molecule has 1 atom stereocenters. The fourth-order valence-electron chi connectivity index (χ4n) is 1.53.